The zero-order valence-electron chi connectivity index (χ0n) is 6.09. The first-order valence-corrected chi connectivity index (χ1v) is 2.93. The van der Waals surface area contributed by atoms with Gasteiger partial charge in [0.1, 0.15) is 0 Å². The molecule has 7 heteroatoms. The van der Waals surface area contributed by atoms with Crippen LogP contribution in [0.15, 0.2) is 6.20 Å². The van der Waals surface area contributed by atoms with Crippen LogP contribution in [-0.2, 0) is 7.05 Å². The fraction of sp³-hybridized carbons (Fsp3) is 0.200. The highest BCUT2D eigenvalue weighted by atomic mass is 16.6. The van der Waals surface area contributed by atoms with Crippen molar-refractivity contribution < 1.29 is 14.8 Å². The molecule has 7 nitrogen and oxygen atoms in total. The van der Waals surface area contributed by atoms with Crippen molar-refractivity contribution in [1.82, 2.24) is 9.55 Å². The molecule has 0 spiro atoms. The normalized spacial score (nSPS) is 9.75. The SMILES string of the molecule is Cn1c(C(=O)O)cnc1[N+](=O)[O-]. The number of hydrogen-bond acceptors (Lipinski definition) is 4. The maximum absolute atomic E-state index is 10.4. The number of nitrogens with zero attached hydrogens (tertiary/aromatic N) is 3. The summed E-state index contributed by atoms with van der Waals surface area (Å²) < 4.78 is 0.905. The smallest absolute Gasteiger partial charge is 0.435 e. The number of carbonyl (C=O) groups is 1. The van der Waals surface area contributed by atoms with Gasteiger partial charge in [0, 0.05) is 0 Å². The zero-order chi connectivity index (χ0) is 9.30. The number of imidazole rings is 1. The third-order valence-electron chi connectivity index (χ3n) is 1.35. The highest BCUT2D eigenvalue weighted by molar-refractivity contribution is 5.85. The standard InChI is InChI=1S/C5H5N3O4/c1-7-3(4(9)10)2-6-5(7)8(11)12/h2H,1H3,(H,9,10). The average Bonchev–Trinajstić information content (AvgIpc) is 2.30. The first-order chi connectivity index (χ1) is 5.54. The van der Waals surface area contributed by atoms with E-state index in [1.165, 1.54) is 7.05 Å². The van der Waals surface area contributed by atoms with E-state index in [-0.39, 0.29) is 5.69 Å². The van der Waals surface area contributed by atoms with Crippen LogP contribution < -0.4 is 0 Å². The van der Waals surface area contributed by atoms with Crippen LogP contribution in [-0.4, -0.2) is 25.6 Å². The summed E-state index contributed by atoms with van der Waals surface area (Å²) >= 11 is 0. The van der Waals surface area contributed by atoms with Crippen LogP contribution in [0.3, 0.4) is 0 Å². The Kier molecular flexibility index (Phi) is 1.78. The van der Waals surface area contributed by atoms with E-state index in [1.54, 1.807) is 0 Å². The van der Waals surface area contributed by atoms with Crippen molar-refractivity contribution >= 4 is 11.9 Å². The summed E-state index contributed by atoms with van der Waals surface area (Å²) in [5, 5.41) is 18.7. The van der Waals surface area contributed by atoms with Gasteiger partial charge in [0.05, 0.1) is 7.05 Å². The van der Waals surface area contributed by atoms with Crippen molar-refractivity contribution in [1.29, 1.82) is 0 Å². The van der Waals surface area contributed by atoms with E-state index in [0.717, 1.165) is 10.8 Å². The van der Waals surface area contributed by atoms with Crippen LogP contribution >= 0.6 is 0 Å². The Bertz CT molecular complexity index is 311. The Balaban J connectivity index is 3.22. The summed E-state index contributed by atoms with van der Waals surface area (Å²) in [6.45, 7) is 0. The molecule has 1 aromatic rings. The lowest BCUT2D eigenvalue weighted by molar-refractivity contribution is -0.396. The molecule has 0 saturated heterocycles. The van der Waals surface area contributed by atoms with Gasteiger partial charge in [-0.1, -0.05) is 4.98 Å². The monoisotopic (exact) mass is 171 g/mol. The minimum atomic E-state index is -1.24. The first-order valence-electron chi connectivity index (χ1n) is 2.93. The van der Waals surface area contributed by atoms with Gasteiger partial charge in [-0.2, -0.15) is 0 Å². The van der Waals surface area contributed by atoms with E-state index in [4.69, 9.17) is 5.11 Å². The highest BCUT2D eigenvalue weighted by Gasteiger charge is 2.21. The molecule has 0 radical (unpaired) electrons. The summed E-state index contributed by atoms with van der Waals surface area (Å²) in [5.74, 6) is -1.72. The van der Waals surface area contributed by atoms with Crippen molar-refractivity contribution in [2.45, 2.75) is 0 Å². The molecule has 1 N–H and O–H groups in total. The molecular formula is C5H5N3O4. The Morgan fingerprint density at radius 1 is 1.83 bits per heavy atom. The van der Waals surface area contributed by atoms with Crippen LogP contribution in [0.2, 0.25) is 0 Å². The van der Waals surface area contributed by atoms with E-state index in [9.17, 15) is 14.9 Å². The largest absolute Gasteiger partial charge is 0.475 e. The van der Waals surface area contributed by atoms with Crippen molar-refractivity contribution in [3.05, 3.63) is 22.0 Å². The van der Waals surface area contributed by atoms with Gasteiger partial charge in [-0.25, -0.2) is 9.36 Å². The topological polar surface area (TPSA) is 98.3 Å². The van der Waals surface area contributed by atoms with Gasteiger partial charge in [-0.3, -0.25) is 0 Å². The van der Waals surface area contributed by atoms with Crippen LogP contribution in [0.4, 0.5) is 5.95 Å². The molecule has 12 heavy (non-hydrogen) atoms. The summed E-state index contributed by atoms with van der Waals surface area (Å²) in [7, 11) is 1.27. The fourth-order valence-electron chi connectivity index (χ4n) is 0.768. The molecule has 0 atom stereocenters. The van der Waals surface area contributed by atoms with E-state index in [1.807, 2.05) is 0 Å². The number of carboxylic acid groups (broad SMARTS) is 1. The Morgan fingerprint density at radius 2 is 2.42 bits per heavy atom. The first kappa shape index (κ1) is 8.18. The molecule has 0 fully saturated rings. The van der Waals surface area contributed by atoms with Crippen molar-refractivity contribution in [3.63, 3.8) is 0 Å². The molecule has 1 aromatic heterocycles. The van der Waals surface area contributed by atoms with Crippen LogP contribution in [0.1, 0.15) is 10.5 Å². The third kappa shape index (κ3) is 1.11. The molecule has 64 valence electrons. The van der Waals surface area contributed by atoms with Crippen molar-refractivity contribution in [2.24, 2.45) is 7.05 Å². The quantitative estimate of drug-likeness (QED) is 0.499. The predicted molar refractivity (Wildman–Crippen MR) is 36.8 cm³/mol. The van der Waals surface area contributed by atoms with Gasteiger partial charge >= 0.3 is 11.9 Å². The minimum Gasteiger partial charge on any atom is -0.475 e. The number of aromatic nitrogens is 2. The van der Waals surface area contributed by atoms with Crippen molar-refractivity contribution in [2.75, 3.05) is 0 Å². The minimum absolute atomic E-state index is 0.207. The maximum atomic E-state index is 10.4. The lowest BCUT2D eigenvalue weighted by Gasteiger charge is -1.94. The van der Waals surface area contributed by atoms with E-state index in [2.05, 4.69) is 4.98 Å². The molecule has 0 aromatic carbocycles. The molecule has 0 amide bonds. The molecule has 0 aliphatic heterocycles. The van der Waals surface area contributed by atoms with Gasteiger partial charge in [0.15, 0.2) is 6.20 Å². The molecule has 1 heterocycles. The summed E-state index contributed by atoms with van der Waals surface area (Å²) in [6, 6.07) is 0. The zero-order valence-corrected chi connectivity index (χ0v) is 6.09. The predicted octanol–water partition coefficient (Wildman–Crippen LogP) is 0.0265. The highest BCUT2D eigenvalue weighted by Crippen LogP contribution is 2.09. The van der Waals surface area contributed by atoms with Gasteiger partial charge in [-0.05, 0) is 4.92 Å². The number of nitro groups is 1. The Labute approximate surface area is 66.4 Å². The molecule has 0 aliphatic rings. The number of aromatic carboxylic acids is 1. The lowest BCUT2D eigenvalue weighted by Crippen LogP contribution is -2.06. The van der Waals surface area contributed by atoms with E-state index in [0.29, 0.717) is 0 Å². The van der Waals surface area contributed by atoms with E-state index >= 15 is 0 Å². The molecular weight excluding hydrogens is 166 g/mol. The molecule has 0 saturated carbocycles. The van der Waals surface area contributed by atoms with E-state index < -0.39 is 16.8 Å². The fourth-order valence-corrected chi connectivity index (χ4v) is 0.768. The molecule has 0 unspecified atom stereocenters. The second-order valence-electron chi connectivity index (χ2n) is 2.06. The third-order valence-corrected chi connectivity index (χ3v) is 1.35. The van der Waals surface area contributed by atoms with Crippen LogP contribution in [0, 0.1) is 10.1 Å². The van der Waals surface area contributed by atoms with Crippen LogP contribution in [0.25, 0.3) is 0 Å². The summed E-state index contributed by atoms with van der Waals surface area (Å²) in [4.78, 5) is 23.1. The summed E-state index contributed by atoms with van der Waals surface area (Å²) in [5.41, 5.74) is -0.207. The second-order valence-corrected chi connectivity index (χ2v) is 2.06. The number of carboxylic acids is 1. The molecule has 1 rings (SSSR count). The Hall–Kier alpha value is -1.92. The number of hydrogen-bond donors (Lipinski definition) is 1. The lowest BCUT2D eigenvalue weighted by atomic mass is 10.5. The van der Waals surface area contributed by atoms with Crippen molar-refractivity contribution in [3.8, 4) is 0 Å². The maximum Gasteiger partial charge on any atom is 0.435 e. The Morgan fingerprint density at radius 3 is 2.67 bits per heavy atom. The molecule has 0 aliphatic carbocycles. The van der Waals surface area contributed by atoms with Gasteiger partial charge in [0.2, 0.25) is 5.69 Å². The summed E-state index contributed by atoms with van der Waals surface area (Å²) in [6.07, 6.45) is 0.945. The van der Waals surface area contributed by atoms with Gasteiger partial charge < -0.3 is 15.2 Å². The average molecular weight is 171 g/mol. The number of rotatable bonds is 2. The second kappa shape index (κ2) is 2.61. The molecule has 0 bridgehead atoms. The van der Waals surface area contributed by atoms with Crippen LogP contribution in [0.5, 0.6) is 0 Å². The van der Waals surface area contributed by atoms with Gasteiger partial charge in [-0.15, -0.1) is 0 Å². The van der Waals surface area contributed by atoms with Gasteiger partial charge in [0.25, 0.3) is 0 Å².